The lowest BCUT2D eigenvalue weighted by Gasteiger charge is -2.32. The predicted octanol–water partition coefficient (Wildman–Crippen LogP) is 1.56. The summed E-state index contributed by atoms with van der Waals surface area (Å²) in [7, 11) is 0. The number of thioether (sulfide) groups is 1. The molecule has 2 aliphatic heterocycles. The van der Waals surface area contributed by atoms with E-state index < -0.39 is 11.5 Å². The molecule has 2 rings (SSSR count). The Morgan fingerprint density at radius 3 is 2.93 bits per heavy atom. The van der Waals surface area contributed by atoms with Crippen molar-refractivity contribution in [2.24, 2.45) is 5.41 Å². The topological polar surface area (TPSA) is 53.2 Å². The van der Waals surface area contributed by atoms with Crippen LogP contribution in [0.5, 0.6) is 0 Å². The molecule has 0 aliphatic carbocycles. The lowest BCUT2D eigenvalue weighted by Crippen LogP contribution is -2.42. The van der Waals surface area contributed by atoms with Crippen molar-refractivity contribution in [2.75, 3.05) is 12.0 Å². The van der Waals surface area contributed by atoms with E-state index in [1.165, 1.54) is 0 Å². The summed E-state index contributed by atoms with van der Waals surface area (Å²) >= 11 is 1.71. The number of aliphatic hydroxyl groups excluding tert-OH is 1. The second kappa shape index (κ2) is 4.32. The summed E-state index contributed by atoms with van der Waals surface area (Å²) in [6.45, 7) is 0. The molecule has 1 N–H and O–H groups in total. The van der Waals surface area contributed by atoms with Crippen LogP contribution in [-0.4, -0.2) is 35.4 Å². The van der Waals surface area contributed by atoms with Crippen LogP contribution in [0.2, 0.25) is 0 Å². The highest BCUT2D eigenvalue weighted by Gasteiger charge is 2.56. The number of aliphatic hydroxyl groups is 1. The second-order valence-corrected chi connectivity index (χ2v) is 5.46. The third-order valence-electron chi connectivity index (χ3n) is 3.65. The molecule has 84 valence electrons. The summed E-state index contributed by atoms with van der Waals surface area (Å²) in [5.74, 6) is 0.905. The van der Waals surface area contributed by atoms with E-state index in [4.69, 9.17) is 4.74 Å². The fourth-order valence-corrected chi connectivity index (χ4v) is 3.23. The molecule has 0 aromatic heterocycles. The van der Waals surface area contributed by atoms with Crippen molar-refractivity contribution in [1.82, 2.24) is 0 Å². The van der Waals surface area contributed by atoms with Crippen LogP contribution in [0, 0.1) is 16.7 Å². The van der Waals surface area contributed by atoms with Crippen LogP contribution in [0.15, 0.2) is 0 Å². The molecule has 2 fully saturated rings. The molecule has 4 heteroatoms. The lowest BCUT2D eigenvalue weighted by molar-refractivity contribution is 0.00371. The molecule has 2 aliphatic rings. The minimum atomic E-state index is -0.612. The van der Waals surface area contributed by atoms with Crippen molar-refractivity contribution < 1.29 is 9.84 Å². The molecule has 0 radical (unpaired) electrons. The highest BCUT2D eigenvalue weighted by atomic mass is 32.2. The molecular weight excluding hydrogens is 210 g/mol. The Bertz CT molecular complexity index is 278. The largest absolute Gasteiger partial charge is 0.391 e. The van der Waals surface area contributed by atoms with Gasteiger partial charge in [0, 0.05) is 0 Å². The molecule has 2 bridgehead atoms. The first kappa shape index (κ1) is 11.3. The quantitative estimate of drug-likeness (QED) is 0.792. The second-order valence-electron chi connectivity index (χ2n) is 4.48. The maximum absolute atomic E-state index is 10.1. The van der Waals surface area contributed by atoms with Crippen LogP contribution in [0.3, 0.4) is 0 Å². The molecule has 4 unspecified atom stereocenters. The third-order valence-corrected chi connectivity index (χ3v) is 4.29. The standard InChI is InChI=1S/C11H17NO2S/c1-15-5-4-9(13)11(7-12)6-8-2-3-10(11)14-8/h8-10,13H,2-6H2,1H3. The monoisotopic (exact) mass is 227 g/mol. The zero-order chi connectivity index (χ0) is 10.9. The van der Waals surface area contributed by atoms with Crippen LogP contribution in [0.4, 0.5) is 0 Å². The van der Waals surface area contributed by atoms with E-state index in [-0.39, 0.29) is 12.2 Å². The van der Waals surface area contributed by atoms with E-state index in [0.29, 0.717) is 6.42 Å². The summed E-state index contributed by atoms with van der Waals surface area (Å²) in [6.07, 6.45) is 5.11. The molecule has 4 atom stereocenters. The van der Waals surface area contributed by atoms with Gasteiger partial charge in [-0.3, -0.25) is 0 Å². The van der Waals surface area contributed by atoms with Gasteiger partial charge < -0.3 is 9.84 Å². The maximum atomic E-state index is 10.1. The third kappa shape index (κ3) is 1.77. The van der Waals surface area contributed by atoms with Crippen LogP contribution in [0.25, 0.3) is 0 Å². The van der Waals surface area contributed by atoms with Gasteiger partial charge in [-0.1, -0.05) is 0 Å². The average Bonchev–Trinajstić information content (AvgIpc) is 2.85. The summed E-state index contributed by atoms with van der Waals surface area (Å²) in [5, 5.41) is 19.4. The van der Waals surface area contributed by atoms with E-state index in [2.05, 4.69) is 6.07 Å². The van der Waals surface area contributed by atoms with Crippen LogP contribution in [0.1, 0.15) is 25.7 Å². The Balaban J connectivity index is 2.06. The van der Waals surface area contributed by atoms with Gasteiger partial charge in [-0.2, -0.15) is 17.0 Å². The van der Waals surface area contributed by atoms with Gasteiger partial charge in [0.1, 0.15) is 5.41 Å². The number of hydrogen-bond acceptors (Lipinski definition) is 4. The van der Waals surface area contributed by atoms with Gasteiger partial charge in [0.25, 0.3) is 0 Å². The molecule has 0 spiro atoms. The highest BCUT2D eigenvalue weighted by Crippen LogP contribution is 2.50. The first-order valence-electron chi connectivity index (χ1n) is 5.46. The summed E-state index contributed by atoms with van der Waals surface area (Å²) in [4.78, 5) is 0. The van der Waals surface area contributed by atoms with E-state index in [9.17, 15) is 10.4 Å². The minimum Gasteiger partial charge on any atom is -0.391 e. The molecular formula is C11H17NO2S. The fourth-order valence-electron chi connectivity index (χ4n) is 2.77. The van der Waals surface area contributed by atoms with Gasteiger partial charge in [-0.05, 0) is 37.7 Å². The lowest BCUT2D eigenvalue weighted by atomic mass is 9.70. The van der Waals surface area contributed by atoms with E-state index >= 15 is 0 Å². The molecule has 2 saturated heterocycles. The highest BCUT2D eigenvalue weighted by molar-refractivity contribution is 7.98. The molecule has 3 nitrogen and oxygen atoms in total. The number of nitrogens with zero attached hydrogens (tertiary/aromatic N) is 1. The van der Waals surface area contributed by atoms with Gasteiger partial charge in [0.15, 0.2) is 0 Å². The Hall–Kier alpha value is -0.240. The summed E-state index contributed by atoms with van der Waals surface area (Å²) < 4.78 is 5.69. The van der Waals surface area contributed by atoms with Gasteiger partial charge in [-0.15, -0.1) is 0 Å². The minimum absolute atomic E-state index is 0.0237. The van der Waals surface area contributed by atoms with E-state index in [0.717, 1.165) is 25.0 Å². The van der Waals surface area contributed by atoms with Crippen molar-refractivity contribution >= 4 is 11.8 Å². The molecule has 0 aromatic carbocycles. The SMILES string of the molecule is CSCCC(O)C1(C#N)CC2CCC1O2. The van der Waals surface area contributed by atoms with E-state index in [1.807, 2.05) is 6.26 Å². The molecule has 0 saturated carbocycles. The number of ether oxygens (including phenoxy) is 1. The molecule has 2 heterocycles. The first-order chi connectivity index (χ1) is 7.23. The maximum Gasteiger partial charge on any atom is 0.112 e. The summed E-state index contributed by atoms with van der Waals surface area (Å²) in [6, 6.07) is 2.33. The zero-order valence-corrected chi connectivity index (χ0v) is 9.80. The number of rotatable bonds is 4. The average molecular weight is 227 g/mol. The van der Waals surface area contributed by atoms with Crippen molar-refractivity contribution in [1.29, 1.82) is 5.26 Å². The van der Waals surface area contributed by atoms with Crippen molar-refractivity contribution in [3.8, 4) is 6.07 Å². The number of fused-ring (bicyclic) bond motifs is 2. The Kier molecular flexibility index (Phi) is 3.24. The first-order valence-corrected chi connectivity index (χ1v) is 6.86. The van der Waals surface area contributed by atoms with Crippen LogP contribution >= 0.6 is 11.8 Å². The molecule has 15 heavy (non-hydrogen) atoms. The Labute approximate surface area is 94.8 Å². The van der Waals surface area contributed by atoms with Gasteiger partial charge >= 0.3 is 0 Å². The van der Waals surface area contributed by atoms with Gasteiger partial charge in [0.05, 0.1) is 24.4 Å². The van der Waals surface area contributed by atoms with Gasteiger partial charge in [-0.25, -0.2) is 0 Å². The predicted molar refractivity (Wildman–Crippen MR) is 59.6 cm³/mol. The Morgan fingerprint density at radius 2 is 2.47 bits per heavy atom. The van der Waals surface area contributed by atoms with Gasteiger partial charge in [0.2, 0.25) is 0 Å². The van der Waals surface area contributed by atoms with Crippen LogP contribution < -0.4 is 0 Å². The zero-order valence-electron chi connectivity index (χ0n) is 8.98. The van der Waals surface area contributed by atoms with E-state index in [1.54, 1.807) is 11.8 Å². The normalized spacial score (nSPS) is 40.3. The fraction of sp³-hybridized carbons (Fsp3) is 0.909. The smallest absolute Gasteiger partial charge is 0.112 e. The molecule has 0 aromatic rings. The van der Waals surface area contributed by atoms with Crippen molar-refractivity contribution in [2.45, 2.75) is 44.0 Å². The molecule has 0 amide bonds. The Morgan fingerprint density at radius 1 is 1.67 bits per heavy atom. The van der Waals surface area contributed by atoms with Crippen LogP contribution in [-0.2, 0) is 4.74 Å². The number of hydrogen-bond donors (Lipinski definition) is 1. The van der Waals surface area contributed by atoms with Crippen molar-refractivity contribution in [3.05, 3.63) is 0 Å². The van der Waals surface area contributed by atoms with Crippen molar-refractivity contribution in [3.63, 3.8) is 0 Å². The summed E-state index contributed by atoms with van der Waals surface area (Å²) in [5.41, 5.74) is -0.612. The number of nitriles is 1.